The molecule has 0 radical (unpaired) electrons. The molecule has 0 saturated carbocycles. The minimum absolute atomic E-state index is 0.0766. The maximum Gasteiger partial charge on any atom is 0.157 e. The lowest BCUT2D eigenvalue weighted by Crippen LogP contribution is -2.27. The lowest BCUT2D eigenvalue weighted by atomic mass is 10.1. The van der Waals surface area contributed by atoms with Gasteiger partial charge in [-0.25, -0.2) is 4.98 Å². The molecule has 4 aromatic rings. The molecule has 0 amide bonds. The Bertz CT molecular complexity index is 1100. The van der Waals surface area contributed by atoms with E-state index >= 15 is 0 Å². The first-order valence-corrected chi connectivity index (χ1v) is 10.0. The second-order valence-corrected chi connectivity index (χ2v) is 8.78. The highest BCUT2D eigenvalue weighted by Crippen LogP contribution is 2.34. The molecule has 26 heavy (non-hydrogen) atoms. The van der Waals surface area contributed by atoms with Crippen molar-refractivity contribution in [2.75, 3.05) is 5.32 Å². The van der Waals surface area contributed by atoms with E-state index in [0.717, 1.165) is 32.5 Å². The number of imidazole rings is 1. The number of nitrogens with one attached hydrogen (secondary N) is 1. The van der Waals surface area contributed by atoms with Crippen LogP contribution in [0.15, 0.2) is 47.5 Å². The van der Waals surface area contributed by atoms with Crippen LogP contribution in [-0.2, 0) is 0 Å². The molecular formula is C20H18N4S2. The summed E-state index contributed by atoms with van der Waals surface area (Å²) in [4.78, 5) is 11.1. The monoisotopic (exact) mass is 378 g/mol. The Labute approximate surface area is 160 Å². The van der Waals surface area contributed by atoms with Gasteiger partial charge in [0.25, 0.3) is 0 Å². The second kappa shape index (κ2) is 6.60. The van der Waals surface area contributed by atoms with Crippen molar-refractivity contribution in [3.63, 3.8) is 0 Å². The van der Waals surface area contributed by atoms with Crippen molar-refractivity contribution in [1.82, 2.24) is 14.4 Å². The molecule has 130 valence electrons. The number of fused-ring (bicyclic) bond motifs is 1. The molecule has 6 heteroatoms. The molecule has 0 spiro atoms. The predicted octanol–water partition coefficient (Wildman–Crippen LogP) is 5.13. The van der Waals surface area contributed by atoms with Crippen molar-refractivity contribution in [2.24, 2.45) is 0 Å². The van der Waals surface area contributed by atoms with E-state index in [-0.39, 0.29) is 5.54 Å². The Balaban J connectivity index is 1.76. The molecule has 1 N–H and O–H groups in total. The minimum Gasteiger partial charge on any atom is -0.365 e. The molecule has 0 unspecified atom stereocenters. The van der Waals surface area contributed by atoms with E-state index in [0.29, 0.717) is 0 Å². The predicted molar refractivity (Wildman–Crippen MR) is 110 cm³/mol. The molecule has 0 aliphatic heterocycles. The molecule has 0 aliphatic carbocycles. The van der Waals surface area contributed by atoms with Crippen LogP contribution in [0.3, 0.4) is 0 Å². The molecular weight excluding hydrogens is 360 g/mol. The van der Waals surface area contributed by atoms with Crippen LogP contribution in [0.5, 0.6) is 0 Å². The van der Waals surface area contributed by atoms with Crippen molar-refractivity contribution < 1.29 is 0 Å². The number of thiophene rings is 2. The highest BCUT2D eigenvalue weighted by Gasteiger charge is 2.20. The summed E-state index contributed by atoms with van der Waals surface area (Å²) in [5.74, 6) is 7.43. The second-order valence-electron chi connectivity index (χ2n) is 6.91. The van der Waals surface area contributed by atoms with Gasteiger partial charge >= 0.3 is 0 Å². The maximum atomic E-state index is 4.79. The summed E-state index contributed by atoms with van der Waals surface area (Å²) in [7, 11) is 0. The van der Waals surface area contributed by atoms with Gasteiger partial charge in [0.15, 0.2) is 5.65 Å². The van der Waals surface area contributed by atoms with Crippen molar-refractivity contribution in [1.29, 1.82) is 0 Å². The third-order valence-electron chi connectivity index (χ3n) is 3.61. The first-order chi connectivity index (χ1) is 12.5. The summed E-state index contributed by atoms with van der Waals surface area (Å²) in [6.45, 7) is 6.43. The van der Waals surface area contributed by atoms with Gasteiger partial charge < -0.3 is 5.32 Å². The van der Waals surface area contributed by atoms with Crippen molar-refractivity contribution in [3.8, 4) is 22.4 Å². The van der Waals surface area contributed by atoms with Gasteiger partial charge in [0.05, 0.1) is 16.0 Å². The van der Waals surface area contributed by atoms with Gasteiger partial charge in [-0.05, 0) is 44.4 Å². The molecule has 4 aromatic heterocycles. The van der Waals surface area contributed by atoms with Crippen LogP contribution in [0.1, 0.15) is 31.2 Å². The third-order valence-corrected chi connectivity index (χ3v) is 5.30. The number of nitrogens with zero attached hydrogens (tertiary/aromatic N) is 3. The molecule has 0 bridgehead atoms. The van der Waals surface area contributed by atoms with Gasteiger partial charge in [0, 0.05) is 28.9 Å². The summed E-state index contributed by atoms with van der Waals surface area (Å²) in [5, 5.41) is 7.68. The normalized spacial score (nSPS) is 11.3. The molecule has 4 heterocycles. The largest absolute Gasteiger partial charge is 0.365 e. The molecule has 4 rings (SSSR count). The number of hydrogen-bond acceptors (Lipinski definition) is 5. The Kier molecular flexibility index (Phi) is 4.27. The van der Waals surface area contributed by atoms with Crippen LogP contribution < -0.4 is 5.32 Å². The average molecular weight is 379 g/mol. The maximum absolute atomic E-state index is 4.79. The minimum atomic E-state index is -0.0766. The summed E-state index contributed by atoms with van der Waals surface area (Å²) in [6.07, 6.45) is 5.49. The number of anilines is 1. The molecule has 0 saturated heterocycles. The molecule has 4 nitrogen and oxygen atoms in total. The van der Waals surface area contributed by atoms with Crippen LogP contribution in [0, 0.1) is 11.8 Å². The van der Waals surface area contributed by atoms with Gasteiger partial charge in [0.2, 0.25) is 0 Å². The van der Waals surface area contributed by atoms with Crippen LogP contribution in [-0.4, -0.2) is 19.9 Å². The van der Waals surface area contributed by atoms with Crippen LogP contribution in [0.25, 0.3) is 16.2 Å². The van der Waals surface area contributed by atoms with Gasteiger partial charge in [-0.15, -0.1) is 11.3 Å². The number of rotatable bonds is 2. The Morgan fingerprint density at radius 3 is 2.81 bits per heavy atom. The van der Waals surface area contributed by atoms with Gasteiger partial charge in [-0.2, -0.15) is 11.3 Å². The topological polar surface area (TPSA) is 42.2 Å². The van der Waals surface area contributed by atoms with Gasteiger partial charge in [-0.3, -0.25) is 9.38 Å². The van der Waals surface area contributed by atoms with Crippen molar-refractivity contribution in [3.05, 3.63) is 58.0 Å². The fraction of sp³-hybridized carbons (Fsp3) is 0.200. The molecule has 0 atom stereocenters. The SMILES string of the molecule is CC(C)(C)Nc1c(-c2ccc(C#Cc3ccsc3)s2)nc2cnccn12. The highest BCUT2D eigenvalue weighted by atomic mass is 32.1. The summed E-state index contributed by atoms with van der Waals surface area (Å²) < 4.78 is 2.05. The van der Waals surface area contributed by atoms with E-state index in [2.05, 4.69) is 60.4 Å². The first-order valence-electron chi connectivity index (χ1n) is 8.24. The zero-order chi connectivity index (χ0) is 18.1. The van der Waals surface area contributed by atoms with Crippen LogP contribution >= 0.6 is 22.7 Å². The number of hydrogen-bond donors (Lipinski definition) is 1. The summed E-state index contributed by atoms with van der Waals surface area (Å²) in [5.41, 5.74) is 2.74. The lowest BCUT2D eigenvalue weighted by molar-refractivity contribution is 0.629. The quantitative estimate of drug-likeness (QED) is 0.492. The fourth-order valence-electron chi connectivity index (χ4n) is 2.55. The Hall–Kier alpha value is -2.62. The van der Waals surface area contributed by atoms with Crippen molar-refractivity contribution >= 4 is 34.1 Å². The van der Waals surface area contributed by atoms with Crippen LogP contribution in [0.4, 0.5) is 5.82 Å². The molecule has 0 fully saturated rings. The van der Waals surface area contributed by atoms with E-state index < -0.39 is 0 Å². The van der Waals surface area contributed by atoms with Crippen LogP contribution in [0.2, 0.25) is 0 Å². The standard InChI is InChI=1S/C20H18N4S2/c1-20(2,3)23-19-18(22-17-12-21-9-10-24(17)19)16-7-6-15(26-16)5-4-14-8-11-25-13-14/h6-13,23H,1-3H3. The smallest absolute Gasteiger partial charge is 0.157 e. The van der Waals surface area contributed by atoms with Crippen molar-refractivity contribution in [2.45, 2.75) is 26.3 Å². The van der Waals surface area contributed by atoms with E-state index in [4.69, 9.17) is 4.98 Å². The zero-order valence-corrected chi connectivity index (χ0v) is 16.4. The zero-order valence-electron chi connectivity index (χ0n) is 14.8. The first kappa shape index (κ1) is 16.8. The Morgan fingerprint density at radius 1 is 1.15 bits per heavy atom. The average Bonchev–Trinajstić information content (AvgIpc) is 3.32. The van der Waals surface area contributed by atoms with E-state index in [9.17, 15) is 0 Å². The molecule has 0 aliphatic rings. The van der Waals surface area contributed by atoms with Gasteiger partial charge in [0.1, 0.15) is 11.5 Å². The molecule has 0 aromatic carbocycles. The fourth-order valence-corrected chi connectivity index (χ4v) is 3.99. The van der Waals surface area contributed by atoms with Gasteiger partial charge in [-0.1, -0.05) is 11.8 Å². The third kappa shape index (κ3) is 3.50. The lowest BCUT2D eigenvalue weighted by Gasteiger charge is -2.22. The van der Waals surface area contributed by atoms with E-state index in [1.165, 1.54) is 0 Å². The highest BCUT2D eigenvalue weighted by molar-refractivity contribution is 7.16. The number of aromatic nitrogens is 3. The summed E-state index contributed by atoms with van der Waals surface area (Å²) in [6, 6.07) is 6.18. The van der Waals surface area contributed by atoms with E-state index in [1.54, 1.807) is 35.1 Å². The Morgan fingerprint density at radius 2 is 2.04 bits per heavy atom. The summed E-state index contributed by atoms with van der Waals surface area (Å²) >= 11 is 3.32. The van der Waals surface area contributed by atoms with E-state index in [1.807, 2.05) is 22.0 Å².